The van der Waals surface area contributed by atoms with E-state index in [1.807, 2.05) is 6.07 Å². The summed E-state index contributed by atoms with van der Waals surface area (Å²) in [5.41, 5.74) is 2.37. The maximum Gasteiger partial charge on any atom is 0.162 e. The van der Waals surface area contributed by atoms with Crippen LogP contribution in [-0.4, -0.2) is 29.9 Å². The summed E-state index contributed by atoms with van der Waals surface area (Å²) in [6, 6.07) is 8.68. The summed E-state index contributed by atoms with van der Waals surface area (Å²) >= 11 is 12.0. The van der Waals surface area contributed by atoms with E-state index in [4.69, 9.17) is 27.9 Å². The number of likely N-dealkylation sites (tertiary alicyclic amines) is 1. The Morgan fingerprint density at radius 2 is 1.83 bits per heavy atom. The van der Waals surface area contributed by atoms with Crippen molar-refractivity contribution in [1.29, 1.82) is 0 Å². The minimum atomic E-state index is -0.408. The molecule has 0 atom stereocenters. The SMILES string of the molecule is CC(=O)c1cc(C2CC2)c(CN2CCC(Oc3ccc(Cl)c(Cl)c3)CC2)cc1F. The van der Waals surface area contributed by atoms with Crippen molar-refractivity contribution < 1.29 is 13.9 Å². The van der Waals surface area contributed by atoms with E-state index in [2.05, 4.69) is 4.90 Å². The van der Waals surface area contributed by atoms with E-state index in [9.17, 15) is 9.18 Å². The summed E-state index contributed by atoms with van der Waals surface area (Å²) in [6.45, 7) is 3.90. The molecule has 0 radical (unpaired) electrons. The molecule has 3 nitrogen and oxygen atoms in total. The van der Waals surface area contributed by atoms with E-state index in [1.165, 1.54) is 6.92 Å². The molecule has 1 heterocycles. The third kappa shape index (κ3) is 4.93. The molecular formula is C23H24Cl2FNO2. The van der Waals surface area contributed by atoms with Gasteiger partial charge in [-0.25, -0.2) is 4.39 Å². The van der Waals surface area contributed by atoms with Gasteiger partial charge in [-0.2, -0.15) is 0 Å². The Morgan fingerprint density at radius 3 is 2.45 bits per heavy atom. The smallest absolute Gasteiger partial charge is 0.162 e. The van der Waals surface area contributed by atoms with Gasteiger partial charge in [0.2, 0.25) is 0 Å². The number of carbonyl (C=O) groups is 1. The van der Waals surface area contributed by atoms with Gasteiger partial charge in [-0.3, -0.25) is 9.69 Å². The number of hydrogen-bond acceptors (Lipinski definition) is 3. The third-order valence-corrected chi connectivity index (χ3v) is 6.49. The fraction of sp³-hybridized carbons (Fsp3) is 0.435. The number of Topliss-reactive ketones (excluding diaryl/α,β-unsaturated/α-hetero) is 1. The Morgan fingerprint density at radius 1 is 1.10 bits per heavy atom. The summed E-state index contributed by atoms with van der Waals surface area (Å²) in [4.78, 5) is 14.0. The zero-order valence-corrected chi connectivity index (χ0v) is 17.9. The zero-order chi connectivity index (χ0) is 20.5. The van der Waals surface area contributed by atoms with Crippen molar-refractivity contribution in [1.82, 2.24) is 4.90 Å². The summed E-state index contributed by atoms with van der Waals surface area (Å²) in [7, 11) is 0. The van der Waals surface area contributed by atoms with E-state index in [0.717, 1.165) is 55.6 Å². The van der Waals surface area contributed by atoms with Gasteiger partial charge in [-0.15, -0.1) is 0 Å². The molecule has 6 heteroatoms. The molecule has 1 aliphatic carbocycles. The molecule has 0 spiro atoms. The van der Waals surface area contributed by atoms with Crippen molar-refractivity contribution in [3.05, 3.63) is 62.9 Å². The average Bonchev–Trinajstić information content (AvgIpc) is 3.51. The van der Waals surface area contributed by atoms with Gasteiger partial charge in [0.15, 0.2) is 5.78 Å². The van der Waals surface area contributed by atoms with Crippen molar-refractivity contribution in [2.75, 3.05) is 13.1 Å². The van der Waals surface area contributed by atoms with E-state index in [1.54, 1.807) is 24.3 Å². The number of rotatable bonds is 6. The normalized spacial score (nSPS) is 18.1. The molecule has 0 bridgehead atoms. The molecule has 2 fully saturated rings. The summed E-state index contributed by atoms with van der Waals surface area (Å²) < 4.78 is 20.5. The summed E-state index contributed by atoms with van der Waals surface area (Å²) in [5.74, 6) is 0.584. The van der Waals surface area contributed by atoms with Gasteiger partial charge < -0.3 is 4.74 Å². The van der Waals surface area contributed by atoms with Crippen molar-refractivity contribution in [3.8, 4) is 5.75 Å². The zero-order valence-electron chi connectivity index (χ0n) is 16.4. The molecular weight excluding hydrogens is 412 g/mol. The highest BCUT2D eigenvalue weighted by atomic mass is 35.5. The standard InChI is InChI=1S/C23H24Cl2FNO2/c1-14(28)19-12-20(15-2-3-15)16(10-23(19)26)13-27-8-6-17(7-9-27)29-18-4-5-21(24)22(25)11-18/h4-5,10-12,15,17H,2-3,6-9,13H2,1H3. The Labute approximate surface area is 180 Å². The fourth-order valence-electron chi connectivity index (χ4n) is 3.98. The molecule has 29 heavy (non-hydrogen) atoms. The average molecular weight is 436 g/mol. The number of halogens is 3. The minimum Gasteiger partial charge on any atom is -0.490 e. The van der Waals surface area contributed by atoms with E-state index >= 15 is 0 Å². The van der Waals surface area contributed by atoms with Crippen LogP contribution < -0.4 is 4.74 Å². The van der Waals surface area contributed by atoms with Gasteiger partial charge in [0, 0.05) is 25.7 Å². The highest BCUT2D eigenvalue weighted by molar-refractivity contribution is 6.42. The van der Waals surface area contributed by atoms with Gasteiger partial charge >= 0.3 is 0 Å². The number of hydrogen-bond donors (Lipinski definition) is 0. The van der Waals surface area contributed by atoms with Crippen LogP contribution in [0.25, 0.3) is 0 Å². The maximum absolute atomic E-state index is 14.4. The van der Waals surface area contributed by atoms with Gasteiger partial charge in [-0.1, -0.05) is 23.2 Å². The molecule has 2 aromatic rings. The first kappa shape index (κ1) is 20.6. The van der Waals surface area contributed by atoms with Gasteiger partial charge in [0.1, 0.15) is 17.7 Å². The molecule has 4 rings (SSSR count). The molecule has 0 aromatic heterocycles. The van der Waals surface area contributed by atoms with Crippen LogP contribution >= 0.6 is 23.2 Å². The number of nitrogens with zero attached hydrogens (tertiary/aromatic N) is 1. The number of benzene rings is 2. The second kappa shape index (κ2) is 8.63. The Balaban J connectivity index is 1.39. The first-order valence-corrected chi connectivity index (χ1v) is 10.8. The minimum absolute atomic E-state index is 0.128. The van der Waals surface area contributed by atoms with Crippen LogP contribution in [-0.2, 0) is 6.54 Å². The summed E-state index contributed by atoms with van der Waals surface area (Å²) in [6.07, 6.45) is 4.16. The molecule has 154 valence electrons. The topological polar surface area (TPSA) is 29.5 Å². The van der Waals surface area contributed by atoms with Crippen LogP contribution in [0.2, 0.25) is 10.0 Å². The predicted octanol–water partition coefficient (Wildman–Crippen LogP) is 6.26. The first-order chi connectivity index (χ1) is 13.9. The Kier molecular flexibility index (Phi) is 6.14. The molecule has 2 aromatic carbocycles. The van der Waals surface area contributed by atoms with E-state index < -0.39 is 5.82 Å². The van der Waals surface area contributed by atoms with Crippen molar-refractivity contribution in [2.24, 2.45) is 0 Å². The van der Waals surface area contributed by atoms with Gasteiger partial charge in [-0.05, 0) is 73.9 Å². The molecule has 1 aliphatic heterocycles. The van der Waals surface area contributed by atoms with E-state index in [0.29, 0.717) is 22.5 Å². The molecule has 1 saturated heterocycles. The van der Waals surface area contributed by atoms with Crippen LogP contribution in [0.5, 0.6) is 5.75 Å². The van der Waals surface area contributed by atoms with Crippen molar-refractivity contribution >= 4 is 29.0 Å². The summed E-state index contributed by atoms with van der Waals surface area (Å²) in [5, 5.41) is 1.01. The molecule has 0 unspecified atom stereocenters. The fourth-order valence-corrected chi connectivity index (χ4v) is 4.27. The Bertz CT molecular complexity index is 921. The second-order valence-corrected chi connectivity index (χ2v) is 8.85. The van der Waals surface area contributed by atoms with Crippen LogP contribution in [0.1, 0.15) is 60.0 Å². The van der Waals surface area contributed by atoms with Crippen molar-refractivity contribution in [2.45, 2.75) is 51.2 Å². The second-order valence-electron chi connectivity index (χ2n) is 8.03. The quantitative estimate of drug-likeness (QED) is 0.501. The largest absolute Gasteiger partial charge is 0.490 e. The lowest BCUT2D eigenvalue weighted by molar-refractivity contribution is 0.0964. The molecule has 0 N–H and O–H groups in total. The number of ether oxygens (including phenoxy) is 1. The third-order valence-electron chi connectivity index (χ3n) is 5.75. The van der Waals surface area contributed by atoms with Crippen molar-refractivity contribution in [3.63, 3.8) is 0 Å². The number of carbonyl (C=O) groups excluding carboxylic acids is 1. The van der Waals surface area contributed by atoms with Crippen LogP contribution in [0.4, 0.5) is 4.39 Å². The molecule has 2 aliphatic rings. The lowest BCUT2D eigenvalue weighted by Crippen LogP contribution is -2.38. The predicted molar refractivity (Wildman–Crippen MR) is 114 cm³/mol. The highest BCUT2D eigenvalue weighted by Gasteiger charge is 2.29. The maximum atomic E-state index is 14.4. The Hall–Kier alpha value is -1.62. The highest BCUT2D eigenvalue weighted by Crippen LogP contribution is 2.43. The molecule has 1 saturated carbocycles. The number of ketones is 1. The first-order valence-electron chi connectivity index (χ1n) is 10.1. The number of piperidine rings is 1. The van der Waals surface area contributed by atoms with Gasteiger partial charge in [0.25, 0.3) is 0 Å². The van der Waals surface area contributed by atoms with Gasteiger partial charge in [0.05, 0.1) is 15.6 Å². The monoisotopic (exact) mass is 435 g/mol. The van der Waals surface area contributed by atoms with E-state index in [-0.39, 0.29) is 17.5 Å². The molecule has 0 amide bonds. The van der Waals surface area contributed by atoms with Crippen LogP contribution in [0.3, 0.4) is 0 Å². The lowest BCUT2D eigenvalue weighted by atomic mass is 9.96. The lowest BCUT2D eigenvalue weighted by Gasteiger charge is -2.32. The van der Waals surface area contributed by atoms with Crippen LogP contribution in [0, 0.1) is 5.82 Å². The van der Waals surface area contributed by atoms with Crippen LogP contribution in [0.15, 0.2) is 30.3 Å².